The molecule has 0 aliphatic carbocycles. The van der Waals surface area contributed by atoms with Crippen LogP contribution < -0.4 is 16.0 Å². The summed E-state index contributed by atoms with van der Waals surface area (Å²) in [5.74, 6) is -1.52. The highest BCUT2D eigenvalue weighted by Gasteiger charge is 2.21. The summed E-state index contributed by atoms with van der Waals surface area (Å²) in [6.45, 7) is 3.72. The fourth-order valence-electron chi connectivity index (χ4n) is 1.95. The van der Waals surface area contributed by atoms with Crippen LogP contribution >= 0.6 is 11.6 Å². The van der Waals surface area contributed by atoms with E-state index < -0.39 is 23.9 Å². The van der Waals surface area contributed by atoms with Crippen LogP contribution in [0.2, 0.25) is 5.02 Å². The third-order valence-corrected chi connectivity index (χ3v) is 3.37. The van der Waals surface area contributed by atoms with E-state index in [1.807, 2.05) is 13.8 Å². The molecule has 0 heterocycles. The Morgan fingerprint density at radius 2 is 1.75 bits per heavy atom. The highest BCUT2D eigenvalue weighted by Crippen LogP contribution is 2.09. The van der Waals surface area contributed by atoms with E-state index in [1.54, 1.807) is 24.3 Å². The van der Waals surface area contributed by atoms with E-state index in [0.29, 0.717) is 11.4 Å². The predicted molar refractivity (Wildman–Crippen MR) is 90.7 cm³/mol. The van der Waals surface area contributed by atoms with E-state index in [-0.39, 0.29) is 19.0 Å². The first-order valence-electron chi connectivity index (χ1n) is 7.56. The summed E-state index contributed by atoms with van der Waals surface area (Å²) in [5.41, 5.74) is 0.863. The highest BCUT2D eigenvalue weighted by molar-refractivity contribution is 6.30. The van der Waals surface area contributed by atoms with Gasteiger partial charge in [-0.15, -0.1) is 0 Å². The van der Waals surface area contributed by atoms with Gasteiger partial charge in [-0.3, -0.25) is 4.79 Å². The van der Waals surface area contributed by atoms with Gasteiger partial charge in [0.2, 0.25) is 5.91 Å². The van der Waals surface area contributed by atoms with Gasteiger partial charge in [0, 0.05) is 11.6 Å². The summed E-state index contributed by atoms with van der Waals surface area (Å²) >= 11 is 5.77. The molecule has 0 fully saturated rings. The number of hydrogen-bond acceptors (Lipinski definition) is 3. The number of benzene rings is 1. The number of carbonyl (C=O) groups excluding carboxylic acids is 2. The van der Waals surface area contributed by atoms with Crippen LogP contribution in [0.5, 0.6) is 0 Å². The van der Waals surface area contributed by atoms with Crippen molar-refractivity contribution in [3.8, 4) is 0 Å². The van der Waals surface area contributed by atoms with Crippen molar-refractivity contribution in [2.24, 2.45) is 5.92 Å². The average Bonchev–Trinajstić information content (AvgIpc) is 2.51. The van der Waals surface area contributed by atoms with E-state index in [0.717, 1.165) is 5.56 Å². The minimum atomic E-state index is -1.09. The lowest BCUT2D eigenvalue weighted by Gasteiger charge is -2.16. The summed E-state index contributed by atoms with van der Waals surface area (Å²) in [6.07, 6.45) is 0.323. The van der Waals surface area contributed by atoms with Crippen molar-refractivity contribution < 1.29 is 19.5 Å². The molecular weight excluding hydrogens is 334 g/mol. The summed E-state index contributed by atoms with van der Waals surface area (Å²) in [5, 5.41) is 17.0. The molecular formula is C16H22ClN3O4. The van der Waals surface area contributed by atoms with Crippen molar-refractivity contribution >= 4 is 29.5 Å². The minimum Gasteiger partial charge on any atom is -0.480 e. The maximum atomic E-state index is 11.7. The molecule has 4 N–H and O–H groups in total. The largest absolute Gasteiger partial charge is 0.480 e. The lowest BCUT2D eigenvalue weighted by atomic mass is 10.0. The number of aliphatic carboxylic acids is 1. The number of nitrogens with one attached hydrogen (secondary N) is 3. The lowest BCUT2D eigenvalue weighted by Crippen LogP contribution is -2.47. The van der Waals surface area contributed by atoms with Crippen LogP contribution in [-0.2, 0) is 16.1 Å². The molecule has 0 bridgehead atoms. The zero-order valence-electron chi connectivity index (χ0n) is 13.6. The summed E-state index contributed by atoms with van der Waals surface area (Å²) in [6, 6.07) is 5.50. The Hall–Kier alpha value is -2.28. The Balaban J connectivity index is 2.33. The molecule has 132 valence electrons. The van der Waals surface area contributed by atoms with Crippen LogP contribution in [0.25, 0.3) is 0 Å². The quantitative estimate of drug-likeness (QED) is 0.569. The minimum absolute atomic E-state index is 0.127. The Bertz CT molecular complexity index is 575. The van der Waals surface area contributed by atoms with Crippen LogP contribution in [0.15, 0.2) is 24.3 Å². The van der Waals surface area contributed by atoms with Crippen molar-refractivity contribution in [1.29, 1.82) is 0 Å². The average molecular weight is 356 g/mol. The number of carboxylic acid groups (broad SMARTS) is 1. The van der Waals surface area contributed by atoms with E-state index in [2.05, 4.69) is 16.0 Å². The van der Waals surface area contributed by atoms with Gasteiger partial charge in [0.05, 0.1) is 6.54 Å². The molecule has 0 saturated carbocycles. The van der Waals surface area contributed by atoms with Crippen molar-refractivity contribution in [3.05, 3.63) is 34.9 Å². The van der Waals surface area contributed by atoms with Crippen molar-refractivity contribution in [1.82, 2.24) is 16.0 Å². The fraction of sp³-hybridized carbons (Fsp3) is 0.438. The fourth-order valence-corrected chi connectivity index (χ4v) is 2.07. The van der Waals surface area contributed by atoms with Gasteiger partial charge < -0.3 is 21.1 Å². The number of hydrogen-bond donors (Lipinski definition) is 4. The third kappa shape index (κ3) is 7.82. The molecule has 0 saturated heterocycles. The monoisotopic (exact) mass is 355 g/mol. The molecule has 1 aromatic carbocycles. The summed E-state index contributed by atoms with van der Waals surface area (Å²) in [7, 11) is 0. The number of amides is 3. The SMILES string of the molecule is CC(C)C[C@@H](NC(=O)CNC(=O)NCc1ccc(Cl)cc1)C(=O)O. The highest BCUT2D eigenvalue weighted by atomic mass is 35.5. The van der Waals surface area contributed by atoms with E-state index in [4.69, 9.17) is 16.7 Å². The second-order valence-electron chi connectivity index (χ2n) is 5.75. The number of carboxylic acids is 1. The van der Waals surface area contributed by atoms with E-state index >= 15 is 0 Å². The van der Waals surface area contributed by atoms with E-state index in [9.17, 15) is 14.4 Å². The molecule has 0 unspecified atom stereocenters. The van der Waals surface area contributed by atoms with Crippen LogP contribution in [0.3, 0.4) is 0 Å². The van der Waals surface area contributed by atoms with Crippen LogP contribution in [0.1, 0.15) is 25.8 Å². The third-order valence-electron chi connectivity index (χ3n) is 3.12. The Morgan fingerprint density at radius 3 is 2.29 bits per heavy atom. The molecule has 1 atom stereocenters. The molecule has 1 rings (SSSR count). The topological polar surface area (TPSA) is 108 Å². The maximum Gasteiger partial charge on any atom is 0.326 e. The van der Waals surface area contributed by atoms with Gasteiger partial charge in [0.15, 0.2) is 0 Å². The molecule has 1 aromatic rings. The Morgan fingerprint density at radius 1 is 1.12 bits per heavy atom. The van der Waals surface area contributed by atoms with Crippen molar-refractivity contribution in [2.45, 2.75) is 32.9 Å². The van der Waals surface area contributed by atoms with Gasteiger partial charge in [0.1, 0.15) is 6.04 Å². The number of urea groups is 1. The number of carbonyl (C=O) groups is 3. The second-order valence-corrected chi connectivity index (χ2v) is 6.19. The number of rotatable bonds is 8. The normalized spacial score (nSPS) is 11.7. The molecule has 0 spiro atoms. The number of halogens is 1. The Labute approximate surface area is 145 Å². The molecule has 0 aliphatic heterocycles. The first-order chi connectivity index (χ1) is 11.3. The van der Waals surface area contributed by atoms with Gasteiger partial charge in [-0.1, -0.05) is 37.6 Å². The summed E-state index contributed by atoms with van der Waals surface area (Å²) < 4.78 is 0. The smallest absolute Gasteiger partial charge is 0.326 e. The van der Waals surface area contributed by atoms with Crippen molar-refractivity contribution in [2.75, 3.05) is 6.54 Å². The molecule has 0 aliphatic rings. The second kappa shape index (κ2) is 9.77. The van der Waals surface area contributed by atoms with Crippen molar-refractivity contribution in [3.63, 3.8) is 0 Å². The zero-order valence-corrected chi connectivity index (χ0v) is 14.4. The van der Waals surface area contributed by atoms with Gasteiger partial charge in [-0.2, -0.15) is 0 Å². The molecule has 24 heavy (non-hydrogen) atoms. The first kappa shape index (κ1) is 19.8. The molecule has 3 amide bonds. The maximum absolute atomic E-state index is 11.7. The molecule has 8 heteroatoms. The molecule has 0 radical (unpaired) electrons. The molecule has 0 aromatic heterocycles. The van der Waals surface area contributed by atoms with Gasteiger partial charge in [0.25, 0.3) is 0 Å². The predicted octanol–water partition coefficient (Wildman–Crippen LogP) is 1.75. The van der Waals surface area contributed by atoms with Crippen LogP contribution in [0.4, 0.5) is 4.79 Å². The zero-order chi connectivity index (χ0) is 18.1. The molecule has 7 nitrogen and oxygen atoms in total. The van der Waals surface area contributed by atoms with Crippen LogP contribution in [0, 0.1) is 5.92 Å². The standard InChI is InChI=1S/C16H22ClN3O4/c1-10(2)7-13(15(22)23)20-14(21)9-19-16(24)18-8-11-3-5-12(17)6-4-11/h3-6,10,13H,7-9H2,1-2H3,(H,20,21)(H,22,23)(H2,18,19,24)/t13-/m1/s1. The lowest BCUT2D eigenvalue weighted by molar-refractivity contribution is -0.142. The van der Waals surface area contributed by atoms with Crippen LogP contribution in [-0.4, -0.2) is 35.6 Å². The Kier molecular flexibility index (Phi) is 8.05. The summed E-state index contributed by atoms with van der Waals surface area (Å²) in [4.78, 5) is 34.4. The van der Waals surface area contributed by atoms with Gasteiger partial charge in [-0.25, -0.2) is 9.59 Å². The first-order valence-corrected chi connectivity index (χ1v) is 7.94. The van der Waals surface area contributed by atoms with Gasteiger partial charge >= 0.3 is 12.0 Å². The van der Waals surface area contributed by atoms with Gasteiger partial charge in [-0.05, 0) is 30.0 Å². The van der Waals surface area contributed by atoms with E-state index in [1.165, 1.54) is 0 Å².